The molecular weight excluding hydrogens is 144 g/mol. The molecule has 0 aliphatic rings. The van der Waals surface area contributed by atoms with Crippen LogP contribution in [0.4, 0.5) is 0 Å². The highest BCUT2D eigenvalue weighted by atomic mass is 32.2. The minimum atomic E-state index is 0.617. The summed E-state index contributed by atoms with van der Waals surface area (Å²) in [5.41, 5.74) is 0.617. The molecule has 0 N–H and O–H groups in total. The zero-order valence-electron chi connectivity index (χ0n) is 5.46. The fourth-order valence-corrected chi connectivity index (χ4v) is 1.07. The highest BCUT2D eigenvalue weighted by Gasteiger charge is 1.97. The van der Waals surface area contributed by atoms with E-state index >= 15 is 0 Å². The van der Waals surface area contributed by atoms with Gasteiger partial charge in [0.2, 0.25) is 0 Å². The van der Waals surface area contributed by atoms with Crippen molar-refractivity contribution in [3.8, 4) is 6.07 Å². The Morgan fingerprint density at radius 2 is 2.60 bits per heavy atom. The summed E-state index contributed by atoms with van der Waals surface area (Å²) in [5.74, 6) is 0. The van der Waals surface area contributed by atoms with Crippen LogP contribution in [0.1, 0.15) is 5.56 Å². The highest BCUT2D eigenvalue weighted by molar-refractivity contribution is 7.98. The molecule has 1 radical (unpaired) electrons. The lowest BCUT2D eigenvalue weighted by Crippen LogP contribution is -1.83. The highest BCUT2D eigenvalue weighted by Crippen LogP contribution is 2.14. The van der Waals surface area contributed by atoms with Crippen LogP contribution in [-0.4, -0.2) is 11.2 Å². The quantitative estimate of drug-likeness (QED) is 0.567. The molecule has 10 heavy (non-hydrogen) atoms. The van der Waals surface area contributed by atoms with Gasteiger partial charge in [0.15, 0.2) is 0 Å². The van der Waals surface area contributed by atoms with Crippen molar-refractivity contribution in [3.63, 3.8) is 0 Å². The number of nitriles is 1. The third kappa shape index (κ3) is 1.28. The molecule has 0 unspecified atom stereocenters. The van der Waals surface area contributed by atoms with Crippen molar-refractivity contribution in [2.75, 3.05) is 6.26 Å². The fraction of sp³-hybridized carbons (Fsp3) is 0.143. The van der Waals surface area contributed by atoms with Crippen LogP contribution in [0, 0.1) is 17.5 Å². The fourth-order valence-electron chi connectivity index (χ4n) is 0.589. The largest absolute Gasteiger partial charge is 0.238 e. The molecule has 0 saturated carbocycles. The van der Waals surface area contributed by atoms with Gasteiger partial charge in [-0.25, -0.2) is 4.98 Å². The minimum absolute atomic E-state index is 0.617. The van der Waals surface area contributed by atoms with Crippen LogP contribution in [0.5, 0.6) is 0 Å². The van der Waals surface area contributed by atoms with E-state index in [-0.39, 0.29) is 0 Å². The second-order valence-electron chi connectivity index (χ2n) is 1.61. The summed E-state index contributed by atoms with van der Waals surface area (Å²) in [6.07, 6.45) is 4.55. The summed E-state index contributed by atoms with van der Waals surface area (Å²) in [6.45, 7) is 0. The molecule has 0 bridgehead atoms. The van der Waals surface area contributed by atoms with Crippen molar-refractivity contribution in [2.45, 2.75) is 5.03 Å². The zero-order chi connectivity index (χ0) is 7.40. The summed E-state index contributed by atoms with van der Waals surface area (Å²) in [7, 11) is 0. The Kier molecular flexibility index (Phi) is 2.30. The first kappa shape index (κ1) is 7.10. The van der Waals surface area contributed by atoms with Gasteiger partial charge in [0.1, 0.15) is 11.1 Å². The van der Waals surface area contributed by atoms with E-state index in [1.807, 2.05) is 12.3 Å². The van der Waals surface area contributed by atoms with Crippen molar-refractivity contribution >= 4 is 11.8 Å². The Labute approximate surface area is 63.9 Å². The van der Waals surface area contributed by atoms with Crippen molar-refractivity contribution < 1.29 is 0 Å². The molecule has 0 aromatic carbocycles. The minimum Gasteiger partial charge on any atom is -0.238 e. The van der Waals surface area contributed by atoms with E-state index in [4.69, 9.17) is 5.26 Å². The van der Waals surface area contributed by atoms with Crippen LogP contribution in [-0.2, 0) is 0 Å². The van der Waals surface area contributed by atoms with Crippen molar-refractivity contribution in [2.24, 2.45) is 0 Å². The Morgan fingerprint density at radius 1 is 1.80 bits per heavy atom. The summed E-state index contributed by atoms with van der Waals surface area (Å²) in [6, 6.07) is 5.39. The van der Waals surface area contributed by atoms with Gasteiger partial charge in [-0.3, -0.25) is 0 Å². The number of thioether (sulfide) groups is 1. The van der Waals surface area contributed by atoms with Gasteiger partial charge in [0.05, 0.1) is 11.8 Å². The second-order valence-corrected chi connectivity index (χ2v) is 2.40. The standard InChI is InChI=1S/C7H5N2S/c1-10-7-6(5-8)3-2-4-9-7/h2-3H,1H3. The van der Waals surface area contributed by atoms with Crippen LogP contribution in [0.15, 0.2) is 17.2 Å². The van der Waals surface area contributed by atoms with E-state index in [1.54, 1.807) is 12.1 Å². The van der Waals surface area contributed by atoms with Crippen molar-refractivity contribution in [3.05, 3.63) is 23.9 Å². The maximum Gasteiger partial charge on any atom is 0.114 e. The van der Waals surface area contributed by atoms with Gasteiger partial charge in [-0.05, 0) is 18.4 Å². The van der Waals surface area contributed by atoms with Crippen LogP contribution in [0.3, 0.4) is 0 Å². The molecular formula is C7H5N2S. The normalized spacial score (nSPS) is 8.80. The average molecular weight is 149 g/mol. The molecule has 0 aliphatic carbocycles. The van der Waals surface area contributed by atoms with Gasteiger partial charge in [-0.2, -0.15) is 5.26 Å². The van der Waals surface area contributed by atoms with Crippen molar-refractivity contribution in [1.82, 2.24) is 4.98 Å². The Morgan fingerprint density at radius 3 is 3.10 bits per heavy atom. The smallest absolute Gasteiger partial charge is 0.114 e. The third-order valence-corrected chi connectivity index (χ3v) is 1.73. The summed E-state index contributed by atoms with van der Waals surface area (Å²) in [5, 5.41) is 9.27. The summed E-state index contributed by atoms with van der Waals surface area (Å²) < 4.78 is 0. The van der Waals surface area contributed by atoms with Gasteiger partial charge in [0.25, 0.3) is 0 Å². The van der Waals surface area contributed by atoms with Gasteiger partial charge >= 0.3 is 0 Å². The van der Waals surface area contributed by atoms with Gasteiger partial charge in [-0.15, -0.1) is 11.8 Å². The number of hydrogen-bond acceptors (Lipinski definition) is 3. The third-order valence-electron chi connectivity index (χ3n) is 1.03. The molecule has 2 nitrogen and oxygen atoms in total. The second kappa shape index (κ2) is 3.23. The molecule has 49 valence electrons. The molecule has 0 spiro atoms. The molecule has 0 amide bonds. The lowest BCUT2D eigenvalue weighted by Gasteiger charge is -1.93. The number of hydrogen-bond donors (Lipinski definition) is 0. The summed E-state index contributed by atoms with van der Waals surface area (Å²) >= 11 is 1.46. The molecule has 1 heterocycles. The maximum atomic E-state index is 8.53. The lowest BCUT2D eigenvalue weighted by molar-refractivity contribution is 1.10. The number of pyridine rings is 1. The maximum absolute atomic E-state index is 8.53. The summed E-state index contributed by atoms with van der Waals surface area (Å²) in [4.78, 5) is 3.88. The number of nitrogens with zero attached hydrogens (tertiary/aromatic N) is 2. The number of rotatable bonds is 1. The lowest BCUT2D eigenvalue weighted by atomic mass is 10.3. The predicted octanol–water partition coefficient (Wildman–Crippen LogP) is 1.48. The first-order chi connectivity index (χ1) is 4.88. The molecule has 3 heteroatoms. The van der Waals surface area contributed by atoms with Crippen LogP contribution < -0.4 is 0 Å². The Hall–Kier alpha value is -1.01. The topological polar surface area (TPSA) is 36.7 Å². The predicted molar refractivity (Wildman–Crippen MR) is 39.6 cm³/mol. The zero-order valence-corrected chi connectivity index (χ0v) is 6.27. The van der Waals surface area contributed by atoms with E-state index < -0.39 is 0 Å². The van der Waals surface area contributed by atoms with E-state index in [9.17, 15) is 0 Å². The van der Waals surface area contributed by atoms with Crippen molar-refractivity contribution in [1.29, 1.82) is 5.26 Å². The molecule has 1 aromatic heterocycles. The number of aromatic nitrogens is 1. The molecule has 0 saturated heterocycles. The van der Waals surface area contributed by atoms with E-state index in [1.165, 1.54) is 11.8 Å². The van der Waals surface area contributed by atoms with E-state index in [0.717, 1.165) is 5.03 Å². The van der Waals surface area contributed by atoms with E-state index in [2.05, 4.69) is 11.2 Å². The van der Waals surface area contributed by atoms with Gasteiger partial charge in [0, 0.05) is 0 Å². The first-order valence-electron chi connectivity index (χ1n) is 2.69. The molecule has 0 fully saturated rings. The average Bonchev–Trinajstić information content (AvgIpc) is 2.04. The molecule has 1 rings (SSSR count). The Balaban J connectivity index is 3.12. The van der Waals surface area contributed by atoms with Crippen LogP contribution in [0.2, 0.25) is 0 Å². The van der Waals surface area contributed by atoms with Gasteiger partial charge < -0.3 is 0 Å². The van der Waals surface area contributed by atoms with E-state index in [0.29, 0.717) is 5.56 Å². The molecule has 0 aliphatic heterocycles. The van der Waals surface area contributed by atoms with Crippen LogP contribution >= 0.6 is 11.8 Å². The Bertz CT molecular complexity index is 265. The molecule has 0 atom stereocenters. The molecule has 1 aromatic rings. The first-order valence-corrected chi connectivity index (χ1v) is 3.92. The SMILES string of the molecule is CSc1n[c]ccc1C#N. The van der Waals surface area contributed by atoms with Gasteiger partial charge in [-0.1, -0.05) is 0 Å². The monoisotopic (exact) mass is 149 g/mol. The van der Waals surface area contributed by atoms with Crippen LogP contribution in [0.25, 0.3) is 0 Å².